The van der Waals surface area contributed by atoms with Crippen molar-refractivity contribution in [2.45, 2.75) is 0 Å². The molecule has 1 aromatic carbocycles. The van der Waals surface area contributed by atoms with E-state index in [2.05, 4.69) is 15.4 Å². The number of carbonyl (C=O) groups excluding carboxylic acids is 1. The van der Waals surface area contributed by atoms with Gasteiger partial charge in [-0.1, -0.05) is 11.3 Å². The highest BCUT2D eigenvalue weighted by Crippen LogP contribution is 2.31. The van der Waals surface area contributed by atoms with Crippen molar-refractivity contribution < 1.29 is 23.8 Å². The lowest BCUT2D eigenvalue weighted by Crippen LogP contribution is -2.10. The third-order valence-corrected chi connectivity index (χ3v) is 4.68. The Morgan fingerprint density at radius 3 is 2.67 bits per heavy atom. The number of carboxylic acid groups (broad SMARTS) is 1. The Morgan fingerprint density at radius 2 is 2.04 bits per heavy atom. The fraction of sp³-hybridized carbons (Fsp3) is 0.0588. The fourth-order valence-corrected chi connectivity index (χ4v) is 3.38. The summed E-state index contributed by atoms with van der Waals surface area (Å²) in [6.45, 7) is 0. The second-order valence-electron chi connectivity index (χ2n) is 5.37. The highest BCUT2D eigenvalue weighted by molar-refractivity contribution is 7.22. The molecule has 4 rings (SSSR count). The standard InChI is InChI=1S/C17H12N4O5S/c1-25-10-6-4-9(5-7-10)21-14-13(12(20-21)16(23)24)27-17(18-14)19-15(22)11-3-2-8-26-11/h2-8H,1H3,(H,23,24)(H,18,19,22). The van der Waals surface area contributed by atoms with Gasteiger partial charge in [0.15, 0.2) is 22.2 Å². The lowest BCUT2D eigenvalue weighted by atomic mass is 10.3. The average molecular weight is 384 g/mol. The smallest absolute Gasteiger partial charge is 0.358 e. The summed E-state index contributed by atoms with van der Waals surface area (Å²) in [5.74, 6) is -0.869. The van der Waals surface area contributed by atoms with E-state index in [1.54, 1.807) is 37.4 Å². The second kappa shape index (κ2) is 6.57. The number of hydrogen-bond donors (Lipinski definition) is 2. The molecule has 0 fully saturated rings. The van der Waals surface area contributed by atoms with E-state index >= 15 is 0 Å². The first-order chi connectivity index (χ1) is 13.1. The van der Waals surface area contributed by atoms with Crippen LogP contribution in [0.3, 0.4) is 0 Å². The number of anilines is 1. The molecule has 136 valence electrons. The molecule has 2 N–H and O–H groups in total. The minimum Gasteiger partial charge on any atom is -0.497 e. The summed E-state index contributed by atoms with van der Waals surface area (Å²) in [6.07, 6.45) is 1.39. The number of hydrogen-bond acceptors (Lipinski definition) is 7. The fourth-order valence-electron chi connectivity index (χ4n) is 2.47. The van der Waals surface area contributed by atoms with Crippen LogP contribution in [-0.2, 0) is 0 Å². The Kier molecular flexibility index (Phi) is 4.09. The Bertz CT molecular complexity index is 1130. The highest BCUT2D eigenvalue weighted by Gasteiger charge is 2.23. The van der Waals surface area contributed by atoms with Crippen molar-refractivity contribution >= 4 is 38.7 Å². The molecule has 4 aromatic rings. The number of fused-ring (bicyclic) bond motifs is 1. The number of aromatic carboxylic acids is 1. The molecule has 0 radical (unpaired) electrons. The maximum atomic E-state index is 12.1. The monoisotopic (exact) mass is 384 g/mol. The van der Waals surface area contributed by atoms with Crippen molar-refractivity contribution in [2.75, 3.05) is 12.4 Å². The zero-order valence-corrected chi connectivity index (χ0v) is 14.7. The van der Waals surface area contributed by atoms with Crippen LogP contribution >= 0.6 is 11.3 Å². The molecule has 3 heterocycles. The Morgan fingerprint density at radius 1 is 1.26 bits per heavy atom. The number of rotatable bonds is 5. The molecule has 1 amide bonds. The van der Waals surface area contributed by atoms with Crippen molar-refractivity contribution in [3.05, 3.63) is 54.1 Å². The Balaban J connectivity index is 1.76. The minimum absolute atomic E-state index is 0.129. The van der Waals surface area contributed by atoms with Crippen molar-refractivity contribution in [2.24, 2.45) is 0 Å². The molecule has 3 aromatic heterocycles. The largest absolute Gasteiger partial charge is 0.497 e. The van der Waals surface area contributed by atoms with Crippen LogP contribution in [-0.4, -0.2) is 38.9 Å². The van der Waals surface area contributed by atoms with Crippen molar-refractivity contribution in [3.63, 3.8) is 0 Å². The maximum absolute atomic E-state index is 12.1. The molecule has 0 aliphatic carbocycles. The van der Waals surface area contributed by atoms with Gasteiger partial charge >= 0.3 is 5.97 Å². The summed E-state index contributed by atoms with van der Waals surface area (Å²) in [6, 6.07) is 10.0. The van der Waals surface area contributed by atoms with Gasteiger partial charge in [-0.25, -0.2) is 9.48 Å². The molecule has 0 unspecified atom stereocenters. The van der Waals surface area contributed by atoms with Crippen LogP contribution in [0.1, 0.15) is 21.0 Å². The second-order valence-corrected chi connectivity index (χ2v) is 6.37. The summed E-state index contributed by atoms with van der Waals surface area (Å²) in [4.78, 5) is 28.0. The average Bonchev–Trinajstić information content (AvgIpc) is 3.38. The predicted molar refractivity (Wildman–Crippen MR) is 96.9 cm³/mol. The summed E-state index contributed by atoms with van der Waals surface area (Å²) in [5.41, 5.74) is 0.802. The molecule has 0 aliphatic rings. The predicted octanol–water partition coefficient (Wildman–Crippen LogP) is 3.03. The van der Waals surface area contributed by atoms with Crippen LogP contribution in [0.4, 0.5) is 5.13 Å². The van der Waals surface area contributed by atoms with Crippen LogP contribution in [0, 0.1) is 0 Å². The minimum atomic E-state index is -1.18. The third-order valence-electron chi connectivity index (χ3n) is 3.71. The van der Waals surface area contributed by atoms with Gasteiger partial charge in [-0.3, -0.25) is 10.1 Å². The topological polar surface area (TPSA) is 119 Å². The van der Waals surface area contributed by atoms with E-state index in [-0.39, 0.29) is 16.6 Å². The van der Waals surface area contributed by atoms with E-state index < -0.39 is 11.9 Å². The van der Waals surface area contributed by atoms with Crippen LogP contribution < -0.4 is 10.1 Å². The third kappa shape index (κ3) is 3.02. The summed E-state index contributed by atoms with van der Waals surface area (Å²) in [5, 5.41) is 16.4. The van der Waals surface area contributed by atoms with Gasteiger partial charge in [-0.05, 0) is 36.4 Å². The molecule has 0 bridgehead atoms. The molecule has 0 aliphatic heterocycles. The number of ether oxygens (including phenoxy) is 1. The quantitative estimate of drug-likeness (QED) is 0.543. The van der Waals surface area contributed by atoms with Gasteiger partial charge in [0.05, 0.1) is 19.1 Å². The molecular formula is C17H12N4O5S. The SMILES string of the molecule is COc1ccc(-n2nc(C(=O)O)c3sc(NC(=O)c4ccco4)nc32)cc1. The first-order valence-corrected chi connectivity index (χ1v) is 8.50. The lowest BCUT2D eigenvalue weighted by molar-refractivity contribution is 0.0692. The van der Waals surface area contributed by atoms with Crippen molar-refractivity contribution in [3.8, 4) is 11.4 Å². The van der Waals surface area contributed by atoms with E-state index in [4.69, 9.17) is 9.15 Å². The van der Waals surface area contributed by atoms with Crippen LogP contribution in [0.15, 0.2) is 47.1 Å². The van der Waals surface area contributed by atoms with E-state index in [1.807, 2.05) is 0 Å². The van der Waals surface area contributed by atoms with Crippen molar-refractivity contribution in [1.29, 1.82) is 0 Å². The van der Waals surface area contributed by atoms with Gasteiger partial charge in [0.25, 0.3) is 5.91 Å². The van der Waals surface area contributed by atoms with Gasteiger partial charge in [-0.2, -0.15) is 10.1 Å². The number of carboxylic acids is 1. The number of furan rings is 1. The van der Waals surface area contributed by atoms with Gasteiger partial charge in [0, 0.05) is 0 Å². The zero-order valence-electron chi connectivity index (χ0n) is 13.9. The highest BCUT2D eigenvalue weighted by atomic mass is 32.1. The van der Waals surface area contributed by atoms with E-state index in [0.29, 0.717) is 21.8 Å². The number of thiazole rings is 1. The Hall–Kier alpha value is -3.66. The van der Waals surface area contributed by atoms with Gasteiger partial charge in [0.2, 0.25) is 0 Å². The number of methoxy groups -OCH3 is 1. The lowest BCUT2D eigenvalue weighted by Gasteiger charge is -2.04. The molecular weight excluding hydrogens is 372 g/mol. The normalized spacial score (nSPS) is 10.9. The van der Waals surface area contributed by atoms with E-state index in [0.717, 1.165) is 11.3 Å². The van der Waals surface area contributed by atoms with Gasteiger partial charge < -0.3 is 14.3 Å². The van der Waals surface area contributed by atoms with Crippen molar-refractivity contribution in [1.82, 2.24) is 14.8 Å². The molecule has 27 heavy (non-hydrogen) atoms. The number of nitrogens with one attached hydrogen (secondary N) is 1. The van der Waals surface area contributed by atoms with Crippen LogP contribution in [0.25, 0.3) is 16.0 Å². The van der Waals surface area contributed by atoms with Gasteiger partial charge in [0.1, 0.15) is 10.4 Å². The van der Waals surface area contributed by atoms with Crippen LogP contribution in [0.5, 0.6) is 5.75 Å². The summed E-state index contributed by atoms with van der Waals surface area (Å²) >= 11 is 1.03. The number of nitrogens with zero attached hydrogens (tertiary/aromatic N) is 3. The van der Waals surface area contributed by atoms with E-state index in [9.17, 15) is 14.7 Å². The zero-order chi connectivity index (χ0) is 19.0. The number of benzene rings is 1. The summed E-state index contributed by atoms with van der Waals surface area (Å²) in [7, 11) is 1.55. The number of carbonyl (C=O) groups is 2. The number of amides is 1. The van der Waals surface area contributed by atoms with E-state index in [1.165, 1.54) is 17.0 Å². The maximum Gasteiger partial charge on any atom is 0.358 e. The molecule has 9 nitrogen and oxygen atoms in total. The number of aromatic nitrogens is 3. The molecule has 10 heteroatoms. The summed E-state index contributed by atoms with van der Waals surface area (Å²) < 4.78 is 11.9. The molecule has 0 spiro atoms. The molecule has 0 saturated carbocycles. The first-order valence-electron chi connectivity index (χ1n) is 7.69. The molecule has 0 saturated heterocycles. The van der Waals surface area contributed by atoms with Gasteiger partial charge in [-0.15, -0.1) is 0 Å². The first kappa shape index (κ1) is 16.8. The molecule has 0 atom stereocenters. The van der Waals surface area contributed by atoms with Crippen LogP contribution in [0.2, 0.25) is 0 Å². The Labute approximate surface area is 155 Å².